The van der Waals surface area contributed by atoms with E-state index in [1.54, 1.807) is 0 Å². The van der Waals surface area contributed by atoms with Crippen LogP contribution >= 0.6 is 0 Å². The summed E-state index contributed by atoms with van der Waals surface area (Å²) in [6, 6.07) is 0. The molecule has 0 unspecified atom stereocenters. The van der Waals surface area contributed by atoms with Crippen LogP contribution in [-0.2, 0) is 9.53 Å². The van der Waals surface area contributed by atoms with Gasteiger partial charge in [-0.3, -0.25) is 4.79 Å². The molecule has 0 bridgehead atoms. The molecule has 2 aliphatic carbocycles. The predicted molar refractivity (Wildman–Crippen MR) is 77.9 cm³/mol. The van der Waals surface area contributed by atoms with Crippen molar-refractivity contribution in [2.45, 2.75) is 84.2 Å². The summed E-state index contributed by atoms with van der Waals surface area (Å²) < 4.78 is 5.75. The molecule has 0 aromatic heterocycles. The predicted octanol–water partition coefficient (Wildman–Crippen LogP) is 4.71. The van der Waals surface area contributed by atoms with Crippen molar-refractivity contribution >= 4 is 5.97 Å². The molecule has 0 N–H and O–H groups in total. The molecule has 0 radical (unpaired) electrons. The highest BCUT2D eigenvalue weighted by molar-refractivity contribution is 5.72. The smallest absolute Gasteiger partial charge is 0.309 e. The van der Waals surface area contributed by atoms with Crippen molar-refractivity contribution in [3.05, 3.63) is 0 Å². The first-order valence-electron chi connectivity index (χ1n) is 8.43. The molecule has 0 aliphatic heterocycles. The average molecular weight is 266 g/mol. The second-order valence-corrected chi connectivity index (χ2v) is 6.61. The molecule has 2 heteroatoms. The van der Waals surface area contributed by atoms with E-state index in [9.17, 15) is 4.79 Å². The summed E-state index contributed by atoms with van der Waals surface area (Å²) in [4.78, 5) is 12.2. The third kappa shape index (κ3) is 4.22. The Kier molecular flexibility index (Phi) is 5.72. The lowest BCUT2D eigenvalue weighted by atomic mass is 9.81. The van der Waals surface area contributed by atoms with E-state index in [1.807, 2.05) is 0 Å². The van der Waals surface area contributed by atoms with Gasteiger partial charge in [-0.1, -0.05) is 26.7 Å². The fourth-order valence-corrected chi connectivity index (χ4v) is 3.72. The van der Waals surface area contributed by atoms with Gasteiger partial charge in [0.15, 0.2) is 0 Å². The molecule has 0 spiro atoms. The highest BCUT2D eigenvalue weighted by Crippen LogP contribution is 2.33. The fraction of sp³-hybridized carbons (Fsp3) is 0.941. The maximum atomic E-state index is 12.2. The van der Waals surface area contributed by atoms with Crippen LogP contribution in [0.4, 0.5) is 0 Å². The van der Waals surface area contributed by atoms with Crippen molar-refractivity contribution in [1.82, 2.24) is 0 Å². The highest BCUT2D eigenvalue weighted by atomic mass is 16.5. The lowest BCUT2D eigenvalue weighted by molar-refractivity contribution is -0.157. The van der Waals surface area contributed by atoms with E-state index < -0.39 is 0 Å². The van der Waals surface area contributed by atoms with Crippen molar-refractivity contribution in [2.75, 3.05) is 0 Å². The summed E-state index contributed by atoms with van der Waals surface area (Å²) in [7, 11) is 0. The van der Waals surface area contributed by atoms with Gasteiger partial charge in [-0.2, -0.15) is 0 Å². The minimum absolute atomic E-state index is 0.106. The molecule has 0 heterocycles. The lowest BCUT2D eigenvalue weighted by Crippen LogP contribution is -2.30. The van der Waals surface area contributed by atoms with Gasteiger partial charge in [0, 0.05) is 0 Å². The van der Waals surface area contributed by atoms with E-state index in [4.69, 9.17) is 4.74 Å². The van der Waals surface area contributed by atoms with Crippen molar-refractivity contribution in [2.24, 2.45) is 17.8 Å². The molecule has 0 amide bonds. The highest BCUT2D eigenvalue weighted by Gasteiger charge is 2.29. The van der Waals surface area contributed by atoms with Gasteiger partial charge in [-0.05, 0) is 63.2 Å². The van der Waals surface area contributed by atoms with Crippen LogP contribution in [0.1, 0.15) is 78.1 Å². The molecule has 0 aromatic rings. The topological polar surface area (TPSA) is 26.3 Å². The zero-order valence-corrected chi connectivity index (χ0v) is 12.7. The fourth-order valence-electron chi connectivity index (χ4n) is 3.72. The van der Waals surface area contributed by atoms with Gasteiger partial charge in [0.2, 0.25) is 0 Å². The van der Waals surface area contributed by atoms with Gasteiger partial charge in [0.05, 0.1) is 5.92 Å². The summed E-state index contributed by atoms with van der Waals surface area (Å²) in [5.41, 5.74) is 0. The van der Waals surface area contributed by atoms with Crippen LogP contribution in [0.5, 0.6) is 0 Å². The van der Waals surface area contributed by atoms with Crippen LogP contribution in [0.25, 0.3) is 0 Å². The van der Waals surface area contributed by atoms with E-state index >= 15 is 0 Å². The van der Waals surface area contributed by atoms with Gasteiger partial charge >= 0.3 is 5.97 Å². The molecule has 110 valence electrons. The Labute approximate surface area is 118 Å². The first kappa shape index (κ1) is 14.9. The molecule has 2 nitrogen and oxygen atoms in total. The molecule has 0 atom stereocenters. The molecular weight excluding hydrogens is 236 g/mol. The summed E-state index contributed by atoms with van der Waals surface area (Å²) in [5.74, 6) is 2.03. The summed E-state index contributed by atoms with van der Waals surface area (Å²) in [6.45, 7) is 4.53. The Morgan fingerprint density at radius 3 is 1.79 bits per heavy atom. The summed E-state index contributed by atoms with van der Waals surface area (Å²) in [6.07, 6.45) is 12.0. The summed E-state index contributed by atoms with van der Waals surface area (Å²) >= 11 is 0. The Balaban J connectivity index is 1.70. The van der Waals surface area contributed by atoms with Gasteiger partial charge in [0.1, 0.15) is 6.10 Å². The van der Waals surface area contributed by atoms with Crippen LogP contribution in [0.3, 0.4) is 0 Å². The van der Waals surface area contributed by atoms with E-state index in [1.165, 1.54) is 38.5 Å². The molecule has 0 aromatic carbocycles. The average Bonchev–Trinajstić information content (AvgIpc) is 2.48. The number of hydrogen-bond donors (Lipinski definition) is 0. The number of rotatable bonds is 4. The van der Waals surface area contributed by atoms with Crippen LogP contribution in [-0.4, -0.2) is 12.1 Å². The van der Waals surface area contributed by atoms with Crippen LogP contribution in [0, 0.1) is 17.8 Å². The zero-order valence-electron chi connectivity index (χ0n) is 12.7. The van der Waals surface area contributed by atoms with Crippen molar-refractivity contribution < 1.29 is 9.53 Å². The normalized spacial score (nSPS) is 35.9. The zero-order chi connectivity index (χ0) is 13.7. The molecule has 2 rings (SSSR count). The monoisotopic (exact) mass is 266 g/mol. The minimum atomic E-state index is 0.106. The van der Waals surface area contributed by atoms with Gasteiger partial charge in [0.25, 0.3) is 0 Å². The maximum absolute atomic E-state index is 12.2. The molecule has 2 aliphatic rings. The standard InChI is InChI=1S/C17H30O2/c1-3-13-5-9-15(10-6-13)17(18)19-16-11-7-14(4-2)8-12-16/h13-16H,3-12H2,1-2H3. The van der Waals surface area contributed by atoms with Gasteiger partial charge < -0.3 is 4.74 Å². The Morgan fingerprint density at radius 1 is 0.842 bits per heavy atom. The molecular formula is C17H30O2. The largest absolute Gasteiger partial charge is 0.462 e. The summed E-state index contributed by atoms with van der Waals surface area (Å²) in [5, 5.41) is 0. The molecule has 19 heavy (non-hydrogen) atoms. The minimum Gasteiger partial charge on any atom is -0.462 e. The number of carbonyl (C=O) groups excluding carboxylic acids is 1. The van der Waals surface area contributed by atoms with Crippen LogP contribution in [0.15, 0.2) is 0 Å². The molecule has 0 saturated heterocycles. The van der Waals surface area contributed by atoms with Crippen LogP contribution < -0.4 is 0 Å². The third-order valence-electron chi connectivity index (χ3n) is 5.41. The number of hydrogen-bond acceptors (Lipinski definition) is 2. The van der Waals surface area contributed by atoms with Crippen molar-refractivity contribution in [3.8, 4) is 0 Å². The molecule has 2 saturated carbocycles. The lowest BCUT2D eigenvalue weighted by Gasteiger charge is -2.31. The number of esters is 1. The van der Waals surface area contributed by atoms with Crippen molar-refractivity contribution in [1.29, 1.82) is 0 Å². The number of ether oxygens (including phenoxy) is 1. The van der Waals surface area contributed by atoms with Crippen molar-refractivity contribution in [3.63, 3.8) is 0 Å². The second-order valence-electron chi connectivity index (χ2n) is 6.61. The van der Waals surface area contributed by atoms with E-state index in [0.717, 1.165) is 37.5 Å². The van der Waals surface area contributed by atoms with Gasteiger partial charge in [-0.15, -0.1) is 0 Å². The first-order chi connectivity index (χ1) is 9.22. The van der Waals surface area contributed by atoms with Crippen LogP contribution in [0.2, 0.25) is 0 Å². The molecule has 2 fully saturated rings. The van der Waals surface area contributed by atoms with Gasteiger partial charge in [-0.25, -0.2) is 0 Å². The Hall–Kier alpha value is -0.530. The van der Waals surface area contributed by atoms with E-state index in [2.05, 4.69) is 13.8 Å². The Morgan fingerprint density at radius 2 is 1.32 bits per heavy atom. The van der Waals surface area contributed by atoms with E-state index in [-0.39, 0.29) is 18.0 Å². The van der Waals surface area contributed by atoms with E-state index in [0.29, 0.717) is 0 Å². The Bertz CT molecular complexity index is 271. The first-order valence-corrected chi connectivity index (χ1v) is 8.43. The third-order valence-corrected chi connectivity index (χ3v) is 5.41. The maximum Gasteiger partial charge on any atom is 0.309 e. The second kappa shape index (κ2) is 7.31. The number of carbonyl (C=O) groups is 1. The SMILES string of the molecule is CCC1CCC(OC(=O)C2CCC(CC)CC2)CC1. The quantitative estimate of drug-likeness (QED) is 0.688.